The number of carbonyl (C=O) groups is 2. The maximum atomic E-state index is 13.5. The fourth-order valence-electron chi connectivity index (χ4n) is 2.01. The van der Waals surface area contributed by atoms with Crippen LogP contribution < -0.4 is 5.32 Å². The maximum Gasteiger partial charge on any atom is 0.254 e. The van der Waals surface area contributed by atoms with E-state index in [2.05, 4.69) is 5.32 Å². The molecule has 0 spiro atoms. The molecule has 0 aliphatic heterocycles. The van der Waals surface area contributed by atoms with Crippen LogP contribution in [0.5, 0.6) is 0 Å². The molecule has 0 aliphatic rings. The number of carbonyl (C=O) groups excluding carboxylic acids is 2. The van der Waals surface area contributed by atoms with Gasteiger partial charge in [-0.3, -0.25) is 9.59 Å². The zero-order valence-electron chi connectivity index (χ0n) is 12.5. The van der Waals surface area contributed by atoms with Crippen molar-refractivity contribution in [3.05, 3.63) is 57.0 Å². The fourth-order valence-corrected chi connectivity index (χ4v) is 3.11. The predicted octanol–water partition coefficient (Wildman–Crippen LogP) is 3.32. The average molecular weight is 355 g/mol. The van der Waals surface area contributed by atoms with E-state index < -0.39 is 11.7 Å². The van der Waals surface area contributed by atoms with Crippen molar-refractivity contribution in [3.63, 3.8) is 0 Å². The number of likely N-dealkylation sites (N-methyl/N-ethyl adjacent to an activating group) is 1. The minimum Gasteiger partial charge on any atom is -0.343 e. The third-order valence-electron chi connectivity index (χ3n) is 3.23. The van der Waals surface area contributed by atoms with Crippen molar-refractivity contribution in [2.24, 2.45) is 0 Å². The maximum absolute atomic E-state index is 13.5. The molecule has 2 amide bonds. The van der Waals surface area contributed by atoms with E-state index in [1.807, 2.05) is 13.0 Å². The molecule has 0 fully saturated rings. The second kappa shape index (κ2) is 8.08. The minimum absolute atomic E-state index is 0.0756. The number of rotatable bonds is 6. The standard InChI is InChI=1S/C16H16ClFN2O2S/c1-2-20(10-11-7-8-14(17)23-11)15(21)9-19-16(22)12-5-3-4-6-13(12)18/h3-8H,2,9-10H2,1H3,(H,19,22). The molecule has 0 saturated carbocycles. The van der Waals surface area contributed by atoms with Crippen LogP contribution in [-0.2, 0) is 11.3 Å². The summed E-state index contributed by atoms with van der Waals surface area (Å²) in [4.78, 5) is 26.7. The number of nitrogens with zero attached hydrogens (tertiary/aromatic N) is 1. The molecule has 1 aromatic heterocycles. The summed E-state index contributed by atoms with van der Waals surface area (Å²) >= 11 is 7.28. The molecule has 0 saturated heterocycles. The summed E-state index contributed by atoms with van der Waals surface area (Å²) in [5, 5.41) is 2.45. The predicted molar refractivity (Wildman–Crippen MR) is 89.2 cm³/mol. The molecule has 4 nitrogen and oxygen atoms in total. The third kappa shape index (κ3) is 4.77. The number of halogens is 2. The number of hydrogen-bond acceptors (Lipinski definition) is 3. The van der Waals surface area contributed by atoms with E-state index in [9.17, 15) is 14.0 Å². The van der Waals surface area contributed by atoms with Crippen molar-refractivity contribution in [3.8, 4) is 0 Å². The molecule has 7 heteroatoms. The van der Waals surface area contributed by atoms with Gasteiger partial charge < -0.3 is 10.2 Å². The highest BCUT2D eigenvalue weighted by molar-refractivity contribution is 7.16. The van der Waals surface area contributed by atoms with Gasteiger partial charge in [0, 0.05) is 11.4 Å². The SMILES string of the molecule is CCN(Cc1ccc(Cl)s1)C(=O)CNC(=O)c1ccccc1F. The molecule has 2 rings (SSSR count). The van der Waals surface area contributed by atoms with Crippen LogP contribution in [0.15, 0.2) is 36.4 Å². The van der Waals surface area contributed by atoms with Gasteiger partial charge in [0.15, 0.2) is 0 Å². The molecule has 23 heavy (non-hydrogen) atoms. The highest BCUT2D eigenvalue weighted by Gasteiger charge is 2.16. The molecule has 122 valence electrons. The van der Waals surface area contributed by atoms with Crippen molar-refractivity contribution < 1.29 is 14.0 Å². The van der Waals surface area contributed by atoms with Gasteiger partial charge >= 0.3 is 0 Å². The molecule has 0 bridgehead atoms. The van der Waals surface area contributed by atoms with Crippen LogP contribution in [0, 0.1) is 5.82 Å². The summed E-state index contributed by atoms with van der Waals surface area (Å²) in [6.45, 7) is 2.61. The smallest absolute Gasteiger partial charge is 0.254 e. The van der Waals surface area contributed by atoms with Crippen LogP contribution in [0.1, 0.15) is 22.2 Å². The first-order valence-electron chi connectivity index (χ1n) is 7.06. The molecule has 0 unspecified atom stereocenters. The van der Waals surface area contributed by atoms with Crippen LogP contribution in [0.2, 0.25) is 4.34 Å². The first-order chi connectivity index (χ1) is 11.0. The third-order valence-corrected chi connectivity index (χ3v) is 4.44. The number of amides is 2. The molecule has 2 aromatic rings. The zero-order valence-corrected chi connectivity index (χ0v) is 14.1. The van der Waals surface area contributed by atoms with Crippen LogP contribution in [0.25, 0.3) is 0 Å². The molecule has 1 heterocycles. The van der Waals surface area contributed by atoms with Crippen molar-refractivity contribution in [1.29, 1.82) is 0 Å². The molecule has 1 aromatic carbocycles. The van der Waals surface area contributed by atoms with Gasteiger partial charge in [-0.2, -0.15) is 0 Å². The van der Waals surface area contributed by atoms with E-state index in [-0.39, 0.29) is 18.0 Å². The van der Waals surface area contributed by atoms with Crippen molar-refractivity contribution in [2.45, 2.75) is 13.5 Å². The van der Waals surface area contributed by atoms with Gasteiger partial charge in [-0.25, -0.2) is 4.39 Å². The summed E-state index contributed by atoms with van der Waals surface area (Å²) in [6.07, 6.45) is 0. The van der Waals surface area contributed by atoms with E-state index >= 15 is 0 Å². The minimum atomic E-state index is -0.613. The number of thiophene rings is 1. The number of nitrogens with one attached hydrogen (secondary N) is 1. The molecule has 0 aliphatic carbocycles. The Morgan fingerprint density at radius 3 is 2.61 bits per heavy atom. The molecule has 0 atom stereocenters. The number of benzene rings is 1. The lowest BCUT2D eigenvalue weighted by Crippen LogP contribution is -2.39. The van der Waals surface area contributed by atoms with E-state index in [1.165, 1.54) is 29.5 Å². The Bertz CT molecular complexity index is 705. The Hall–Kier alpha value is -1.92. The summed E-state index contributed by atoms with van der Waals surface area (Å²) < 4.78 is 14.2. The van der Waals surface area contributed by atoms with Crippen LogP contribution >= 0.6 is 22.9 Å². The van der Waals surface area contributed by atoms with Gasteiger partial charge in [-0.1, -0.05) is 23.7 Å². The lowest BCUT2D eigenvalue weighted by Gasteiger charge is -2.20. The Kier molecular flexibility index (Phi) is 6.12. The van der Waals surface area contributed by atoms with Crippen molar-refractivity contribution in [1.82, 2.24) is 10.2 Å². The Morgan fingerprint density at radius 2 is 2.00 bits per heavy atom. The van der Waals surface area contributed by atoms with Crippen LogP contribution in [0.3, 0.4) is 0 Å². The van der Waals surface area contributed by atoms with Gasteiger partial charge in [-0.15, -0.1) is 11.3 Å². The van der Waals surface area contributed by atoms with Gasteiger partial charge in [0.1, 0.15) is 5.82 Å². The summed E-state index contributed by atoms with van der Waals surface area (Å²) in [5.41, 5.74) is -0.0756. The Morgan fingerprint density at radius 1 is 1.26 bits per heavy atom. The Labute approximate surface area is 142 Å². The highest BCUT2D eigenvalue weighted by Crippen LogP contribution is 2.22. The van der Waals surface area contributed by atoms with Crippen LogP contribution in [-0.4, -0.2) is 29.8 Å². The molecule has 0 radical (unpaired) electrons. The van der Waals surface area contributed by atoms with Crippen LogP contribution in [0.4, 0.5) is 4.39 Å². The van der Waals surface area contributed by atoms with E-state index in [4.69, 9.17) is 11.6 Å². The lowest BCUT2D eigenvalue weighted by atomic mass is 10.2. The second-order valence-corrected chi connectivity index (χ2v) is 6.58. The Balaban J connectivity index is 1.92. The van der Waals surface area contributed by atoms with E-state index in [1.54, 1.807) is 17.0 Å². The lowest BCUT2D eigenvalue weighted by molar-refractivity contribution is -0.130. The largest absolute Gasteiger partial charge is 0.343 e. The molecular weight excluding hydrogens is 339 g/mol. The molecule has 1 N–H and O–H groups in total. The zero-order chi connectivity index (χ0) is 16.8. The normalized spacial score (nSPS) is 10.4. The summed E-state index contributed by atoms with van der Waals surface area (Å²) in [7, 11) is 0. The second-order valence-electron chi connectivity index (χ2n) is 4.78. The van der Waals surface area contributed by atoms with Crippen molar-refractivity contribution in [2.75, 3.05) is 13.1 Å². The fraction of sp³-hybridized carbons (Fsp3) is 0.250. The van der Waals surface area contributed by atoms with Gasteiger partial charge in [0.25, 0.3) is 5.91 Å². The van der Waals surface area contributed by atoms with Crippen molar-refractivity contribution >= 4 is 34.8 Å². The first-order valence-corrected chi connectivity index (χ1v) is 8.25. The van der Waals surface area contributed by atoms with E-state index in [0.717, 1.165) is 4.88 Å². The summed E-state index contributed by atoms with van der Waals surface area (Å²) in [6, 6.07) is 9.29. The topological polar surface area (TPSA) is 49.4 Å². The number of hydrogen-bond donors (Lipinski definition) is 1. The summed E-state index contributed by atoms with van der Waals surface area (Å²) in [5.74, 6) is -1.45. The molecular formula is C16H16ClFN2O2S. The highest BCUT2D eigenvalue weighted by atomic mass is 35.5. The van der Waals surface area contributed by atoms with Gasteiger partial charge in [0.2, 0.25) is 5.91 Å². The quantitative estimate of drug-likeness (QED) is 0.865. The van der Waals surface area contributed by atoms with Gasteiger partial charge in [0.05, 0.1) is 23.0 Å². The monoisotopic (exact) mass is 354 g/mol. The first kappa shape index (κ1) is 17.4. The average Bonchev–Trinajstić information content (AvgIpc) is 2.95. The van der Waals surface area contributed by atoms with Gasteiger partial charge in [-0.05, 0) is 31.2 Å². The van der Waals surface area contributed by atoms with E-state index in [0.29, 0.717) is 17.4 Å².